The summed E-state index contributed by atoms with van der Waals surface area (Å²) in [6, 6.07) is 21.3. The fourth-order valence-electron chi connectivity index (χ4n) is 2.79. The molecule has 0 aliphatic rings. The Morgan fingerprint density at radius 3 is 2.37 bits per heavy atom. The van der Waals surface area contributed by atoms with E-state index >= 15 is 0 Å². The van der Waals surface area contributed by atoms with Gasteiger partial charge in [0.15, 0.2) is 0 Å². The molecule has 90 valence electrons. The molecule has 1 aromatic heterocycles. The number of rotatable bonds is 0. The summed E-state index contributed by atoms with van der Waals surface area (Å²) >= 11 is 0. The normalized spacial score (nSPS) is 11.4. The SMILES string of the molecule is Cc1cc2ccccc2c2cc3ccccc3nc12. The van der Waals surface area contributed by atoms with E-state index in [1.807, 2.05) is 6.07 Å². The molecule has 0 amide bonds. The Morgan fingerprint density at radius 1 is 0.737 bits per heavy atom. The average molecular weight is 243 g/mol. The van der Waals surface area contributed by atoms with E-state index in [-0.39, 0.29) is 0 Å². The summed E-state index contributed by atoms with van der Waals surface area (Å²) < 4.78 is 0. The van der Waals surface area contributed by atoms with E-state index in [1.54, 1.807) is 0 Å². The van der Waals surface area contributed by atoms with Crippen molar-refractivity contribution in [2.75, 3.05) is 0 Å². The van der Waals surface area contributed by atoms with Crippen LogP contribution in [0.15, 0.2) is 60.7 Å². The number of aryl methyl sites for hydroxylation is 1. The van der Waals surface area contributed by atoms with Crippen molar-refractivity contribution in [2.45, 2.75) is 6.92 Å². The highest BCUT2D eigenvalue weighted by Gasteiger charge is 2.06. The van der Waals surface area contributed by atoms with Crippen LogP contribution in [0.1, 0.15) is 5.56 Å². The van der Waals surface area contributed by atoms with Crippen LogP contribution in [0.5, 0.6) is 0 Å². The lowest BCUT2D eigenvalue weighted by atomic mass is 10.00. The maximum Gasteiger partial charge on any atom is 0.0745 e. The first-order valence-electron chi connectivity index (χ1n) is 6.51. The molecule has 0 unspecified atom stereocenters. The Hall–Kier alpha value is -2.41. The predicted molar refractivity (Wildman–Crippen MR) is 81.5 cm³/mol. The average Bonchev–Trinajstić information content (AvgIpc) is 2.46. The summed E-state index contributed by atoms with van der Waals surface area (Å²) in [7, 11) is 0. The van der Waals surface area contributed by atoms with Crippen molar-refractivity contribution in [3.05, 3.63) is 66.2 Å². The summed E-state index contributed by atoms with van der Waals surface area (Å²) in [6.07, 6.45) is 0. The standard InChI is InChI=1S/C18H13N/c1-12-10-13-6-2-4-8-15(13)16-11-14-7-3-5-9-17(14)19-18(12)16/h2-11H,1H3. The molecule has 0 bridgehead atoms. The van der Waals surface area contributed by atoms with Crippen LogP contribution in [-0.2, 0) is 0 Å². The number of fused-ring (bicyclic) bond motifs is 4. The van der Waals surface area contributed by atoms with E-state index < -0.39 is 0 Å². The third kappa shape index (κ3) is 1.52. The Balaban J connectivity index is 2.30. The van der Waals surface area contributed by atoms with Gasteiger partial charge in [-0.1, -0.05) is 42.5 Å². The van der Waals surface area contributed by atoms with Gasteiger partial charge in [-0.2, -0.15) is 0 Å². The smallest absolute Gasteiger partial charge is 0.0745 e. The van der Waals surface area contributed by atoms with Crippen molar-refractivity contribution in [1.82, 2.24) is 4.98 Å². The third-order valence-electron chi connectivity index (χ3n) is 3.72. The van der Waals surface area contributed by atoms with Crippen LogP contribution in [-0.4, -0.2) is 4.98 Å². The number of pyridine rings is 1. The van der Waals surface area contributed by atoms with Crippen molar-refractivity contribution in [3.63, 3.8) is 0 Å². The fourth-order valence-corrected chi connectivity index (χ4v) is 2.79. The monoisotopic (exact) mass is 243 g/mol. The first-order chi connectivity index (χ1) is 9.33. The van der Waals surface area contributed by atoms with E-state index in [0.717, 1.165) is 11.0 Å². The van der Waals surface area contributed by atoms with E-state index in [0.29, 0.717) is 0 Å². The van der Waals surface area contributed by atoms with Crippen LogP contribution in [0.4, 0.5) is 0 Å². The number of benzene rings is 3. The largest absolute Gasteiger partial charge is 0.247 e. The van der Waals surface area contributed by atoms with Crippen LogP contribution < -0.4 is 0 Å². The zero-order chi connectivity index (χ0) is 12.8. The number of aromatic nitrogens is 1. The molecule has 0 saturated carbocycles. The molecule has 1 nitrogen and oxygen atoms in total. The molecule has 0 saturated heterocycles. The third-order valence-corrected chi connectivity index (χ3v) is 3.72. The van der Waals surface area contributed by atoms with Crippen LogP contribution in [0.25, 0.3) is 32.6 Å². The first kappa shape index (κ1) is 10.5. The van der Waals surface area contributed by atoms with Gasteiger partial charge in [-0.05, 0) is 41.5 Å². The van der Waals surface area contributed by atoms with Gasteiger partial charge in [0.2, 0.25) is 0 Å². The van der Waals surface area contributed by atoms with Gasteiger partial charge in [0.1, 0.15) is 0 Å². The maximum absolute atomic E-state index is 4.83. The molecule has 1 heteroatoms. The van der Waals surface area contributed by atoms with Crippen molar-refractivity contribution in [3.8, 4) is 0 Å². The van der Waals surface area contributed by atoms with Gasteiger partial charge in [-0.3, -0.25) is 0 Å². The van der Waals surface area contributed by atoms with Gasteiger partial charge >= 0.3 is 0 Å². The minimum absolute atomic E-state index is 1.06. The van der Waals surface area contributed by atoms with Gasteiger partial charge in [0.05, 0.1) is 11.0 Å². The zero-order valence-electron chi connectivity index (χ0n) is 10.7. The molecule has 0 atom stereocenters. The molecule has 0 radical (unpaired) electrons. The van der Waals surface area contributed by atoms with E-state index in [1.165, 1.54) is 27.1 Å². The van der Waals surface area contributed by atoms with Crippen LogP contribution in [0.3, 0.4) is 0 Å². The molecular weight excluding hydrogens is 230 g/mol. The summed E-state index contributed by atoms with van der Waals surface area (Å²) in [6.45, 7) is 2.14. The highest BCUT2D eigenvalue weighted by atomic mass is 14.7. The molecule has 4 rings (SSSR count). The van der Waals surface area contributed by atoms with E-state index in [4.69, 9.17) is 4.98 Å². The number of para-hydroxylation sites is 1. The second kappa shape index (κ2) is 3.79. The van der Waals surface area contributed by atoms with Gasteiger partial charge in [-0.15, -0.1) is 0 Å². The minimum atomic E-state index is 1.06. The second-order valence-corrected chi connectivity index (χ2v) is 4.99. The quantitative estimate of drug-likeness (QED) is 0.318. The first-order valence-corrected chi connectivity index (χ1v) is 6.51. The second-order valence-electron chi connectivity index (χ2n) is 4.99. The summed E-state index contributed by atoms with van der Waals surface area (Å²) in [5.41, 5.74) is 3.41. The van der Waals surface area contributed by atoms with Crippen molar-refractivity contribution in [2.24, 2.45) is 0 Å². The molecule has 3 aromatic carbocycles. The predicted octanol–water partition coefficient (Wildman–Crippen LogP) is 4.85. The van der Waals surface area contributed by atoms with Gasteiger partial charge < -0.3 is 0 Å². The zero-order valence-corrected chi connectivity index (χ0v) is 10.7. The highest BCUT2D eigenvalue weighted by Crippen LogP contribution is 2.29. The molecule has 0 fully saturated rings. The molecule has 19 heavy (non-hydrogen) atoms. The van der Waals surface area contributed by atoms with Crippen molar-refractivity contribution >= 4 is 32.6 Å². The van der Waals surface area contributed by atoms with Gasteiger partial charge in [0, 0.05) is 10.8 Å². The van der Waals surface area contributed by atoms with E-state index in [9.17, 15) is 0 Å². The summed E-state index contributed by atoms with van der Waals surface area (Å²) in [5, 5.41) is 5.01. The Kier molecular flexibility index (Phi) is 2.10. The Bertz CT molecular complexity index is 922. The van der Waals surface area contributed by atoms with E-state index in [2.05, 4.69) is 61.5 Å². The number of hydrogen-bond donors (Lipinski definition) is 0. The molecule has 4 aromatic rings. The number of nitrogens with zero attached hydrogens (tertiary/aromatic N) is 1. The number of hydrogen-bond acceptors (Lipinski definition) is 1. The topological polar surface area (TPSA) is 12.9 Å². The van der Waals surface area contributed by atoms with Gasteiger partial charge in [0.25, 0.3) is 0 Å². The lowest BCUT2D eigenvalue weighted by Gasteiger charge is -2.08. The molecule has 1 heterocycles. The minimum Gasteiger partial charge on any atom is -0.247 e. The summed E-state index contributed by atoms with van der Waals surface area (Å²) in [4.78, 5) is 4.83. The molecule has 0 aliphatic heterocycles. The summed E-state index contributed by atoms with van der Waals surface area (Å²) in [5.74, 6) is 0. The molecule has 0 aliphatic carbocycles. The highest BCUT2D eigenvalue weighted by molar-refractivity contribution is 6.10. The molecule has 0 spiro atoms. The molecular formula is C18H13N. The lowest BCUT2D eigenvalue weighted by molar-refractivity contribution is 1.44. The van der Waals surface area contributed by atoms with Crippen LogP contribution >= 0.6 is 0 Å². The van der Waals surface area contributed by atoms with Crippen LogP contribution in [0, 0.1) is 6.92 Å². The van der Waals surface area contributed by atoms with Crippen molar-refractivity contribution < 1.29 is 0 Å². The fraction of sp³-hybridized carbons (Fsp3) is 0.0556. The molecule has 0 N–H and O–H groups in total. The van der Waals surface area contributed by atoms with Crippen LogP contribution in [0.2, 0.25) is 0 Å². The Labute approximate surface area is 111 Å². The Morgan fingerprint density at radius 2 is 1.47 bits per heavy atom. The van der Waals surface area contributed by atoms with Crippen molar-refractivity contribution in [1.29, 1.82) is 0 Å². The van der Waals surface area contributed by atoms with Gasteiger partial charge in [-0.25, -0.2) is 4.98 Å². The maximum atomic E-state index is 4.83. The lowest BCUT2D eigenvalue weighted by Crippen LogP contribution is -1.87.